The van der Waals surface area contributed by atoms with Gasteiger partial charge < -0.3 is 0 Å². The fourth-order valence-electron chi connectivity index (χ4n) is 7.64. The Kier molecular flexibility index (Phi) is 9.82. The van der Waals surface area contributed by atoms with Gasteiger partial charge in [-0.1, -0.05) is 115 Å². The molecular weight excluding hydrogens is 899 g/mol. The normalized spacial score (nSPS) is 12.9. The molecule has 1 aliphatic carbocycles. The van der Waals surface area contributed by atoms with Crippen LogP contribution in [0.5, 0.6) is 0 Å². The predicted octanol–water partition coefficient (Wildman–Crippen LogP) is 16.9. The fraction of sp³-hybridized carbons (Fsp3) is 0. The van der Waals surface area contributed by atoms with E-state index in [-0.39, 0.29) is 0 Å². The molecule has 9 rings (SSSR count). The van der Waals surface area contributed by atoms with E-state index in [0.29, 0.717) is 0 Å². The Balaban J connectivity index is 0.000000541. The molecule has 0 saturated carbocycles. The summed E-state index contributed by atoms with van der Waals surface area (Å²) in [5, 5.41) is 2.59. The van der Waals surface area contributed by atoms with E-state index in [1.807, 2.05) is 0 Å². The van der Waals surface area contributed by atoms with Gasteiger partial charge in [-0.3, -0.25) is 0 Å². The number of benzene rings is 7. The van der Waals surface area contributed by atoms with E-state index in [1.165, 1.54) is 88.7 Å². The second-order valence-corrected chi connectivity index (χ2v) is 70.0. The molecule has 0 atom stereocenters. The number of rotatable bonds is 5. The molecule has 0 amide bonds. The maximum Gasteiger partial charge on any atom is 0.0698 e. The van der Waals surface area contributed by atoms with Crippen LogP contribution in [-0.4, -0.2) is 9.14 Å². The zero-order valence-corrected chi connectivity index (χ0v) is 35.7. The largest absolute Gasteiger partial charge is 0.0698 e. The second kappa shape index (κ2) is 14.2. The average molecular weight is 930 g/mol. The maximum atomic E-state index is 5.06. The van der Waals surface area contributed by atoms with Crippen molar-refractivity contribution in [1.29, 1.82) is 0 Å². The summed E-state index contributed by atoms with van der Waals surface area (Å²) in [4.78, 5) is 0. The molecule has 0 aliphatic heterocycles. The SMILES string of the molecule is [Cl][Sb-]([Cl])([Cl])([Cl])([Cl])[Cl].c1ccc(-c2c3c(c(-c4ccccc4)c(-c4ccccc4)[c+](-c4ccccc4)c2-c2ccccc2)-c2cccc4cccc-3c24)cc1. The van der Waals surface area contributed by atoms with E-state index in [4.69, 9.17) is 53.0 Å². The van der Waals surface area contributed by atoms with Gasteiger partial charge in [-0.25, -0.2) is 0 Å². The van der Waals surface area contributed by atoms with Crippen LogP contribution in [0.4, 0.5) is 0 Å². The molecule has 266 valence electrons. The van der Waals surface area contributed by atoms with Crippen LogP contribution in [0.1, 0.15) is 0 Å². The van der Waals surface area contributed by atoms with Crippen LogP contribution in [0.25, 0.3) is 88.7 Å². The molecule has 0 spiro atoms. The summed E-state index contributed by atoms with van der Waals surface area (Å²) in [6, 6.07) is 68.7. The minimum Gasteiger partial charge on any atom is -0.0622 e. The van der Waals surface area contributed by atoms with E-state index < -0.39 is 9.14 Å². The van der Waals surface area contributed by atoms with Crippen LogP contribution in [0, 0.1) is 0 Å². The van der Waals surface area contributed by atoms with Crippen LogP contribution >= 0.6 is 53.0 Å². The quantitative estimate of drug-likeness (QED) is 0.119. The van der Waals surface area contributed by atoms with E-state index in [2.05, 4.69) is 188 Å². The molecule has 0 heterocycles. The molecular formula is C47H31Cl6Sb. The van der Waals surface area contributed by atoms with Gasteiger partial charge in [0.1, 0.15) is 0 Å². The minimum atomic E-state index is -5.42. The summed E-state index contributed by atoms with van der Waals surface area (Å²) in [5.41, 5.74) is 17.4. The number of fused-ring (bicyclic) bond motifs is 3. The zero-order valence-electron chi connectivity index (χ0n) is 28.6. The first-order valence-corrected chi connectivity index (χ1v) is 36.7. The number of hydrogen-bond donors (Lipinski definition) is 0. The van der Waals surface area contributed by atoms with E-state index >= 15 is 0 Å². The molecule has 0 saturated heterocycles. The van der Waals surface area contributed by atoms with Crippen LogP contribution in [0.3, 0.4) is 0 Å². The summed E-state index contributed by atoms with van der Waals surface area (Å²) in [6.07, 6.45) is 0. The molecule has 8 aromatic carbocycles. The first kappa shape index (κ1) is 37.4. The molecule has 1 aliphatic rings. The van der Waals surface area contributed by atoms with Gasteiger partial charge >= 0.3 is 62.1 Å². The fourth-order valence-corrected chi connectivity index (χ4v) is 7.64. The summed E-state index contributed by atoms with van der Waals surface area (Å²) in [7, 11) is 25.0. The molecule has 54 heavy (non-hydrogen) atoms. The first-order valence-electron chi connectivity index (χ1n) is 17.3. The first-order chi connectivity index (χ1) is 25.8. The van der Waals surface area contributed by atoms with Crippen molar-refractivity contribution in [3.05, 3.63) is 188 Å². The Hall–Kier alpha value is -3.55. The van der Waals surface area contributed by atoms with Crippen LogP contribution in [-0.2, 0) is 0 Å². The van der Waals surface area contributed by atoms with E-state index in [1.54, 1.807) is 0 Å². The van der Waals surface area contributed by atoms with Crippen molar-refractivity contribution in [2.75, 3.05) is 0 Å². The minimum absolute atomic E-state index is 1.19. The van der Waals surface area contributed by atoms with E-state index in [0.717, 1.165) is 0 Å². The summed E-state index contributed by atoms with van der Waals surface area (Å²) in [6.45, 7) is 0. The Morgan fingerprint density at radius 3 is 0.981 bits per heavy atom. The molecule has 0 aromatic heterocycles. The molecule has 7 heteroatoms. The molecule has 0 nitrogen and oxygen atoms in total. The third-order valence-corrected chi connectivity index (χ3v) is 9.51. The molecule has 0 N–H and O–H groups in total. The van der Waals surface area contributed by atoms with Crippen molar-refractivity contribution in [1.82, 2.24) is 0 Å². The molecule has 8 aromatic rings. The summed E-state index contributed by atoms with van der Waals surface area (Å²) in [5.74, 6) is 0. The van der Waals surface area contributed by atoms with Crippen molar-refractivity contribution in [3.8, 4) is 77.9 Å². The van der Waals surface area contributed by atoms with Gasteiger partial charge in [-0.2, -0.15) is 0 Å². The second-order valence-electron chi connectivity index (χ2n) is 13.1. The number of hydrogen-bond acceptors (Lipinski definition) is 0. The van der Waals surface area contributed by atoms with Crippen molar-refractivity contribution in [2.24, 2.45) is 0 Å². The summed E-state index contributed by atoms with van der Waals surface area (Å²) >= 11 is 0. The van der Waals surface area contributed by atoms with E-state index in [9.17, 15) is 0 Å². The number of halogens is 6. The third kappa shape index (κ3) is 8.04. The van der Waals surface area contributed by atoms with Gasteiger partial charge in [-0.15, -0.1) is 0 Å². The van der Waals surface area contributed by atoms with Crippen molar-refractivity contribution in [2.45, 2.75) is 0 Å². The van der Waals surface area contributed by atoms with Crippen LogP contribution in [0.15, 0.2) is 188 Å². The van der Waals surface area contributed by atoms with Gasteiger partial charge in [0, 0.05) is 44.5 Å². The Morgan fingerprint density at radius 1 is 0.315 bits per heavy atom. The zero-order chi connectivity index (χ0) is 37.6. The van der Waals surface area contributed by atoms with Crippen LogP contribution in [0.2, 0.25) is 0 Å². The monoisotopic (exact) mass is 926 g/mol. The van der Waals surface area contributed by atoms with Gasteiger partial charge in [0.2, 0.25) is 0 Å². The molecule has 0 radical (unpaired) electrons. The Morgan fingerprint density at radius 2 is 0.630 bits per heavy atom. The van der Waals surface area contributed by atoms with Crippen molar-refractivity contribution < 1.29 is 0 Å². The maximum absolute atomic E-state index is 5.42. The van der Waals surface area contributed by atoms with Gasteiger partial charge in [0.05, 0.1) is 22.3 Å². The van der Waals surface area contributed by atoms with Gasteiger partial charge in [-0.05, 0) is 94.7 Å². The predicted molar refractivity (Wildman–Crippen MR) is 241 cm³/mol. The van der Waals surface area contributed by atoms with Gasteiger partial charge in [0.25, 0.3) is 0 Å². The standard InChI is InChI=1S/C47H31.6ClH.Sb/c1-6-18-33(19-7-1)41-42(34-20-8-2-9-21-34)44(36-24-12-4-13-25-36)46-38-30-16-28-32-29-17-31-39(40(32)38)47(46)45(37-26-14-5-15-27-37)43(41)35-22-10-3-11-23-35;;;;;;;/h1-31H;6*1H;/q+1;;;;;;;+5/p-6. The smallest absolute Gasteiger partial charge is 0.0622 e. The third-order valence-electron chi connectivity index (χ3n) is 9.51. The van der Waals surface area contributed by atoms with Crippen molar-refractivity contribution >= 4 is 72.9 Å². The van der Waals surface area contributed by atoms with Crippen LogP contribution < -0.4 is 0 Å². The van der Waals surface area contributed by atoms with Crippen molar-refractivity contribution in [3.63, 3.8) is 0 Å². The topological polar surface area (TPSA) is 0 Å². The van der Waals surface area contributed by atoms with Gasteiger partial charge in [0.15, 0.2) is 0 Å². The Labute approximate surface area is 335 Å². The molecule has 0 unspecified atom stereocenters. The molecule has 0 fully saturated rings. The average Bonchev–Trinajstić information content (AvgIpc) is 3.41. The molecule has 0 bridgehead atoms. The Bertz CT molecular complexity index is 2490. The summed E-state index contributed by atoms with van der Waals surface area (Å²) < 4.78 is 0.